The van der Waals surface area contributed by atoms with E-state index in [2.05, 4.69) is 15.0 Å². The van der Waals surface area contributed by atoms with Gasteiger partial charge in [0, 0.05) is 32.8 Å². The maximum Gasteiger partial charge on any atom is 0.260 e. The van der Waals surface area contributed by atoms with Crippen molar-refractivity contribution in [3.05, 3.63) is 42.0 Å². The summed E-state index contributed by atoms with van der Waals surface area (Å²) in [4.78, 5) is 20.8. The standard InChI is InChI=1S/C19H24N4O4/c24-18(14-26-15-5-2-1-3-6-15)23-10-8-22(9-11-23)13-17-20-19(27-21-17)16-7-4-12-25-16/h1-3,5-6,16H,4,7-14H2/t16-/m0/s1. The number of piperazine rings is 1. The largest absolute Gasteiger partial charge is 0.484 e. The van der Waals surface area contributed by atoms with Crippen LogP contribution in [0.3, 0.4) is 0 Å². The maximum absolute atomic E-state index is 12.3. The first-order chi connectivity index (χ1) is 13.3. The summed E-state index contributed by atoms with van der Waals surface area (Å²) in [6.45, 7) is 4.35. The lowest BCUT2D eigenvalue weighted by atomic mass is 10.2. The quantitative estimate of drug-likeness (QED) is 0.762. The molecular weight excluding hydrogens is 348 g/mol. The molecule has 0 radical (unpaired) electrons. The van der Waals surface area contributed by atoms with Crippen molar-refractivity contribution in [2.24, 2.45) is 0 Å². The van der Waals surface area contributed by atoms with E-state index in [0.29, 0.717) is 37.1 Å². The molecule has 8 heteroatoms. The molecule has 0 spiro atoms. The van der Waals surface area contributed by atoms with E-state index in [1.165, 1.54) is 0 Å². The molecule has 144 valence electrons. The predicted molar refractivity (Wildman–Crippen MR) is 96.0 cm³/mol. The average molecular weight is 372 g/mol. The summed E-state index contributed by atoms with van der Waals surface area (Å²) < 4.78 is 16.4. The Balaban J connectivity index is 1.21. The number of para-hydroxylation sites is 1. The van der Waals surface area contributed by atoms with Gasteiger partial charge in [0.1, 0.15) is 11.9 Å². The third-order valence-electron chi connectivity index (χ3n) is 4.88. The molecule has 2 aliphatic rings. The number of hydrogen-bond acceptors (Lipinski definition) is 7. The highest BCUT2D eigenvalue weighted by Crippen LogP contribution is 2.27. The lowest BCUT2D eigenvalue weighted by molar-refractivity contribution is -0.135. The van der Waals surface area contributed by atoms with Crippen LogP contribution in [0.25, 0.3) is 0 Å². The maximum atomic E-state index is 12.3. The van der Waals surface area contributed by atoms with E-state index in [1.54, 1.807) is 0 Å². The van der Waals surface area contributed by atoms with Crippen LogP contribution < -0.4 is 4.74 Å². The normalized spacial score (nSPS) is 20.7. The molecule has 2 aromatic rings. The number of aromatic nitrogens is 2. The topological polar surface area (TPSA) is 80.9 Å². The minimum atomic E-state index is -0.0506. The van der Waals surface area contributed by atoms with Crippen molar-refractivity contribution in [1.82, 2.24) is 19.9 Å². The van der Waals surface area contributed by atoms with E-state index in [4.69, 9.17) is 14.0 Å². The van der Waals surface area contributed by atoms with Gasteiger partial charge in [0.05, 0.1) is 6.54 Å². The fourth-order valence-corrected chi connectivity index (χ4v) is 3.34. The molecule has 1 atom stereocenters. The summed E-state index contributed by atoms with van der Waals surface area (Å²) in [6.07, 6.45) is 1.92. The molecule has 2 fully saturated rings. The summed E-state index contributed by atoms with van der Waals surface area (Å²) in [7, 11) is 0. The van der Waals surface area contributed by atoms with E-state index >= 15 is 0 Å². The molecule has 1 aromatic heterocycles. The molecule has 27 heavy (non-hydrogen) atoms. The number of ether oxygens (including phenoxy) is 2. The van der Waals surface area contributed by atoms with Gasteiger partial charge >= 0.3 is 0 Å². The molecule has 0 saturated carbocycles. The first-order valence-electron chi connectivity index (χ1n) is 9.40. The van der Waals surface area contributed by atoms with Crippen molar-refractivity contribution < 1.29 is 18.8 Å². The second kappa shape index (κ2) is 8.49. The Bertz CT molecular complexity index is 737. The molecule has 1 amide bonds. The van der Waals surface area contributed by atoms with E-state index in [-0.39, 0.29) is 18.6 Å². The minimum Gasteiger partial charge on any atom is -0.484 e. The zero-order chi connectivity index (χ0) is 18.5. The first kappa shape index (κ1) is 17.9. The Morgan fingerprint density at radius 3 is 2.74 bits per heavy atom. The number of benzene rings is 1. The van der Waals surface area contributed by atoms with E-state index in [1.807, 2.05) is 35.2 Å². The van der Waals surface area contributed by atoms with E-state index in [9.17, 15) is 4.79 Å². The van der Waals surface area contributed by atoms with Gasteiger partial charge in [-0.1, -0.05) is 23.4 Å². The van der Waals surface area contributed by atoms with Crippen LogP contribution in [-0.4, -0.2) is 65.2 Å². The third-order valence-corrected chi connectivity index (χ3v) is 4.88. The second-order valence-corrected chi connectivity index (χ2v) is 6.81. The summed E-state index contributed by atoms with van der Waals surface area (Å²) in [5.74, 6) is 1.98. The molecule has 8 nitrogen and oxygen atoms in total. The van der Waals surface area contributed by atoms with Crippen LogP contribution in [0, 0.1) is 0 Å². The molecule has 0 N–H and O–H groups in total. The Kier molecular flexibility index (Phi) is 5.64. The van der Waals surface area contributed by atoms with Crippen LogP contribution in [0.5, 0.6) is 5.75 Å². The van der Waals surface area contributed by atoms with Crippen LogP contribution in [-0.2, 0) is 16.1 Å². The summed E-state index contributed by atoms with van der Waals surface area (Å²) in [5, 5.41) is 4.06. The SMILES string of the molecule is O=C(COc1ccccc1)N1CCN(Cc2noc([C@@H]3CCCO3)n2)CC1. The van der Waals surface area contributed by atoms with Crippen molar-refractivity contribution in [3.63, 3.8) is 0 Å². The summed E-state index contributed by atoms with van der Waals surface area (Å²) >= 11 is 0. The number of nitrogens with zero attached hydrogens (tertiary/aromatic N) is 4. The highest BCUT2D eigenvalue weighted by molar-refractivity contribution is 5.77. The highest BCUT2D eigenvalue weighted by atomic mass is 16.5. The number of carbonyl (C=O) groups excluding carboxylic acids is 1. The van der Waals surface area contributed by atoms with Gasteiger partial charge in [0.25, 0.3) is 11.8 Å². The van der Waals surface area contributed by atoms with Gasteiger partial charge in [0.15, 0.2) is 12.4 Å². The fraction of sp³-hybridized carbons (Fsp3) is 0.526. The Hall–Kier alpha value is -2.45. The van der Waals surface area contributed by atoms with E-state index in [0.717, 1.165) is 32.5 Å². The Morgan fingerprint density at radius 2 is 2.00 bits per heavy atom. The van der Waals surface area contributed by atoms with Gasteiger partial charge in [-0.05, 0) is 25.0 Å². The highest BCUT2D eigenvalue weighted by Gasteiger charge is 2.26. The predicted octanol–water partition coefficient (Wildman–Crippen LogP) is 1.64. The zero-order valence-corrected chi connectivity index (χ0v) is 15.2. The van der Waals surface area contributed by atoms with Gasteiger partial charge in [-0.25, -0.2) is 0 Å². The smallest absolute Gasteiger partial charge is 0.260 e. The third kappa shape index (κ3) is 4.64. The minimum absolute atomic E-state index is 0.0127. The molecule has 2 aliphatic heterocycles. The number of hydrogen-bond donors (Lipinski definition) is 0. The Labute approximate surface area is 158 Å². The zero-order valence-electron chi connectivity index (χ0n) is 15.2. The van der Waals surface area contributed by atoms with E-state index < -0.39 is 0 Å². The molecule has 3 heterocycles. The van der Waals surface area contributed by atoms with Crippen LogP contribution in [0.1, 0.15) is 30.7 Å². The molecule has 0 bridgehead atoms. The summed E-state index contributed by atoms with van der Waals surface area (Å²) in [6, 6.07) is 9.39. The number of carbonyl (C=O) groups is 1. The van der Waals surface area contributed by atoms with Gasteiger partial charge in [-0.15, -0.1) is 0 Å². The van der Waals surface area contributed by atoms with Gasteiger partial charge in [0.2, 0.25) is 0 Å². The van der Waals surface area contributed by atoms with Gasteiger partial charge < -0.3 is 18.9 Å². The van der Waals surface area contributed by atoms with Crippen molar-refractivity contribution in [2.45, 2.75) is 25.5 Å². The molecule has 0 unspecified atom stereocenters. The lowest BCUT2D eigenvalue weighted by Gasteiger charge is -2.34. The van der Waals surface area contributed by atoms with Gasteiger partial charge in [-0.3, -0.25) is 9.69 Å². The fourth-order valence-electron chi connectivity index (χ4n) is 3.34. The summed E-state index contributed by atoms with van der Waals surface area (Å²) in [5.41, 5.74) is 0. The molecule has 1 aromatic carbocycles. The Morgan fingerprint density at radius 1 is 1.19 bits per heavy atom. The number of amides is 1. The van der Waals surface area contributed by atoms with Crippen molar-refractivity contribution in [1.29, 1.82) is 0 Å². The first-order valence-corrected chi connectivity index (χ1v) is 9.40. The van der Waals surface area contributed by atoms with Crippen molar-refractivity contribution in [3.8, 4) is 5.75 Å². The lowest BCUT2D eigenvalue weighted by Crippen LogP contribution is -2.49. The molecular formula is C19H24N4O4. The second-order valence-electron chi connectivity index (χ2n) is 6.81. The van der Waals surface area contributed by atoms with Crippen LogP contribution in [0.4, 0.5) is 0 Å². The molecule has 0 aliphatic carbocycles. The molecule has 4 rings (SSSR count). The van der Waals surface area contributed by atoms with Crippen molar-refractivity contribution >= 4 is 5.91 Å². The van der Waals surface area contributed by atoms with Gasteiger partial charge in [-0.2, -0.15) is 4.98 Å². The number of rotatable bonds is 6. The van der Waals surface area contributed by atoms with Crippen molar-refractivity contribution in [2.75, 3.05) is 39.4 Å². The monoisotopic (exact) mass is 372 g/mol. The molecule has 2 saturated heterocycles. The van der Waals surface area contributed by atoms with Crippen LogP contribution in [0.2, 0.25) is 0 Å². The average Bonchev–Trinajstić information content (AvgIpc) is 3.39. The van der Waals surface area contributed by atoms with Crippen LogP contribution in [0.15, 0.2) is 34.9 Å². The van der Waals surface area contributed by atoms with Crippen LogP contribution >= 0.6 is 0 Å².